The number of esters is 1. The number of ether oxygens (including phenoxy) is 1. The first-order chi connectivity index (χ1) is 11.0. The van der Waals surface area contributed by atoms with Gasteiger partial charge in [-0.3, -0.25) is 14.4 Å². The van der Waals surface area contributed by atoms with Crippen molar-refractivity contribution in [2.75, 3.05) is 25.0 Å². The molecular formula is C15H18ClN3O4. The Morgan fingerprint density at radius 3 is 2.96 bits per heavy atom. The number of pyridine rings is 1. The third kappa shape index (κ3) is 4.41. The Morgan fingerprint density at radius 1 is 1.48 bits per heavy atom. The van der Waals surface area contributed by atoms with Crippen LogP contribution in [0.5, 0.6) is 0 Å². The summed E-state index contributed by atoms with van der Waals surface area (Å²) in [5.41, 5.74) is 0.270. The molecule has 2 rings (SSSR count). The van der Waals surface area contributed by atoms with E-state index in [1.54, 1.807) is 19.1 Å². The summed E-state index contributed by atoms with van der Waals surface area (Å²) >= 11 is 5.85. The third-order valence-electron chi connectivity index (χ3n) is 3.53. The van der Waals surface area contributed by atoms with E-state index in [1.807, 2.05) is 0 Å². The van der Waals surface area contributed by atoms with Gasteiger partial charge in [-0.2, -0.15) is 0 Å². The number of amides is 2. The topological polar surface area (TPSA) is 88.6 Å². The average molecular weight is 340 g/mol. The molecule has 8 heteroatoms. The van der Waals surface area contributed by atoms with Crippen molar-refractivity contribution >= 4 is 35.1 Å². The van der Waals surface area contributed by atoms with Crippen molar-refractivity contribution in [2.45, 2.75) is 19.8 Å². The van der Waals surface area contributed by atoms with Crippen molar-refractivity contribution in [1.29, 1.82) is 0 Å². The second-order valence-corrected chi connectivity index (χ2v) is 5.50. The summed E-state index contributed by atoms with van der Waals surface area (Å²) in [5, 5.41) is 2.54. The zero-order valence-electron chi connectivity index (χ0n) is 12.8. The van der Waals surface area contributed by atoms with Crippen LogP contribution in [0.25, 0.3) is 0 Å². The molecular weight excluding hydrogens is 322 g/mol. The Kier molecular flexibility index (Phi) is 5.92. The van der Waals surface area contributed by atoms with E-state index < -0.39 is 11.8 Å². The molecule has 1 saturated heterocycles. The van der Waals surface area contributed by atoms with Gasteiger partial charge >= 0.3 is 17.8 Å². The van der Waals surface area contributed by atoms with Crippen molar-refractivity contribution in [3.8, 4) is 0 Å². The van der Waals surface area contributed by atoms with Gasteiger partial charge in [-0.05, 0) is 31.9 Å². The summed E-state index contributed by atoms with van der Waals surface area (Å²) in [6.07, 6.45) is 2.78. The monoisotopic (exact) mass is 339 g/mol. The molecule has 0 saturated carbocycles. The molecule has 2 amide bonds. The number of likely N-dealkylation sites (tertiary alicyclic amines) is 1. The van der Waals surface area contributed by atoms with Crippen molar-refractivity contribution in [3.05, 3.63) is 23.5 Å². The van der Waals surface area contributed by atoms with E-state index in [0.29, 0.717) is 26.0 Å². The SMILES string of the molecule is CCOC(=O)C1CCCN(C(=O)C(=O)Nc2cccnc2Cl)C1. The average Bonchev–Trinajstić information content (AvgIpc) is 2.56. The van der Waals surface area contributed by atoms with Crippen LogP contribution in [-0.4, -0.2) is 47.4 Å². The molecule has 1 atom stereocenters. The number of hydrogen-bond donors (Lipinski definition) is 1. The molecule has 1 aromatic heterocycles. The van der Waals surface area contributed by atoms with E-state index >= 15 is 0 Å². The van der Waals surface area contributed by atoms with E-state index in [9.17, 15) is 14.4 Å². The number of anilines is 1. The van der Waals surface area contributed by atoms with E-state index in [2.05, 4.69) is 10.3 Å². The quantitative estimate of drug-likeness (QED) is 0.512. The number of carbonyl (C=O) groups is 3. The van der Waals surface area contributed by atoms with E-state index in [4.69, 9.17) is 16.3 Å². The number of rotatable bonds is 3. The molecule has 0 radical (unpaired) electrons. The summed E-state index contributed by atoms with van der Waals surface area (Å²) in [7, 11) is 0. The molecule has 1 fully saturated rings. The second-order valence-electron chi connectivity index (χ2n) is 5.14. The normalized spacial score (nSPS) is 17.5. The van der Waals surface area contributed by atoms with Crippen molar-refractivity contribution in [2.24, 2.45) is 5.92 Å². The Balaban J connectivity index is 1.97. The number of carbonyl (C=O) groups excluding carboxylic acids is 3. The van der Waals surface area contributed by atoms with Crippen LogP contribution in [0, 0.1) is 5.92 Å². The van der Waals surface area contributed by atoms with Crippen LogP contribution in [0.3, 0.4) is 0 Å². The smallest absolute Gasteiger partial charge is 0.313 e. The van der Waals surface area contributed by atoms with Crippen molar-refractivity contribution in [3.63, 3.8) is 0 Å². The van der Waals surface area contributed by atoms with Gasteiger partial charge < -0.3 is 15.0 Å². The number of nitrogens with one attached hydrogen (secondary N) is 1. The van der Waals surface area contributed by atoms with Gasteiger partial charge in [0.1, 0.15) is 0 Å². The van der Waals surface area contributed by atoms with Gasteiger partial charge in [0, 0.05) is 19.3 Å². The number of nitrogens with zero attached hydrogens (tertiary/aromatic N) is 2. The fourth-order valence-electron chi connectivity index (χ4n) is 2.41. The Labute approximate surface area is 139 Å². The lowest BCUT2D eigenvalue weighted by Gasteiger charge is -2.30. The standard InChI is InChI=1S/C15H18ClN3O4/c1-2-23-15(22)10-5-4-8-19(9-10)14(21)13(20)18-11-6-3-7-17-12(11)16/h3,6-7,10H,2,4-5,8-9H2,1H3,(H,18,20). The van der Waals surface area contributed by atoms with Gasteiger partial charge in [-0.15, -0.1) is 0 Å². The van der Waals surface area contributed by atoms with Crippen LogP contribution in [0.1, 0.15) is 19.8 Å². The fourth-order valence-corrected chi connectivity index (χ4v) is 2.58. The zero-order chi connectivity index (χ0) is 16.8. The molecule has 2 heterocycles. The molecule has 0 aliphatic carbocycles. The lowest BCUT2D eigenvalue weighted by molar-refractivity contribution is -0.153. The van der Waals surface area contributed by atoms with Gasteiger partial charge in [0.15, 0.2) is 5.15 Å². The largest absolute Gasteiger partial charge is 0.466 e. The minimum absolute atomic E-state index is 0.108. The maximum atomic E-state index is 12.2. The molecule has 23 heavy (non-hydrogen) atoms. The molecule has 1 unspecified atom stereocenters. The molecule has 124 valence electrons. The van der Waals surface area contributed by atoms with Crippen LogP contribution in [0.15, 0.2) is 18.3 Å². The maximum absolute atomic E-state index is 12.2. The van der Waals surface area contributed by atoms with Crippen LogP contribution >= 0.6 is 11.6 Å². The van der Waals surface area contributed by atoms with Gasteiger partial charge in [0.05, 0.1) is 18.2 Å². The maximum Gasteiger partial charge on any atom is 0.313 e. The summed E-state index contributed by atoms with van der Waals surface area (Å²) in [6, 6.07) is 3.15. The number of hydrogen-bond acceptors (Lipinski definition) is 5. The number of halogens is 1. The summed E-state index contributed by atoms with van der Waals surface area (Å²) in [6.45, 7) is 2.65. The number of aromatic nitrogens is 1. The van der Waals surface area contributed by atoms with Crippen LogP contribution < -0.4 is 5.32 Å². The molecule has 1 N–H and O–H groups in total. The highest BCUT2D eigenvalue weighted by Crippen LogP contribution is 2.20. The van der Waals surface area contributed by atoms with Crippen LogP contribution in [0.4, 0.5) is 5.69 Å². The predicted molar refractivity (Wildman–Crippen MR) is 83.8 cm³/mol. The summed E-state index contributed by atoms with van der Waals surface area (Å²) in [5.74, 6) is -2.22. The Bertz CT molecular complexity index is 608. The van der Waals surface area contributed by atoms with E-state index in [-0.39, 0.29) is 29.3 Å². The lowest BCUT2D eigenvalue weighted by Crippen LogP contribution is -2.47. The van der Waals surface area contributed by atoms with Gasteiger partial charge in [0.2, 0.25) is 0 Å². The first-order valence-corrected chi connectivity index (χ1v) is 7.78. The van der Waals surface area contributed by atoms with E-state index in [1.165, 1.54) is 11.1 Å². The number of piperidine rings is 1. The minimum atomic E-state index is -0.801. The summed E-state index contributed by atoms with van der Waals surface area (Å²) < 4.78 is 4.98. The molecule has 1 aliphatic rings. The Morgan fingerprint density at radius 2 is 2.26 bits per heavy atom. The van der Waals surface area contributed by atoms with Crippen LogP contribution in [0.2, 0.25) is 5.15 Å². The van der Waals surface area contributed by atoms with Gasteiger partial charge in [0.25, 0.3) is 0 Å². The highest BCUT2D eigenvalue weighted by Gasteiger charge is 2.32. The Hall–Kier alpha value is -2.15. The molecule has 0 bridgehead atoms. The van der Waals surface area contributed by atoms with Gasteiger partial charge in [-0.25, -0.2) is 4.98 Å². The highest BCUT2D eigenvalue weighted by molar-refractivity contribution is 6.41. The zero-order valence-corrected chi connectivity index (χ0v) is 13.5. The van der Waals surface area contributed by atoms with Crippen molar-refractivity contribution in [1.82, 2.24) is 9.88 Å². The lowest BCUT2D eigenvalue weighted by atomic mass is 9.98. The molecule has 1 aromatic rings. The third-order valence-corrected chi connectivity index (χ3v) is 3.83. The van der Waals surface area contributed by atoms with Crippen molar-refractivity contribution < 1.29 is 19.1 Å². The second kappa shape index (κ2) is 7.92. The first kappa shape index (κ1) is 17.2. The van der Waals surface area contributed by atoms with Gasteiger partial charge in [-0.1, -0.05) is 11.6 Å². The summed E-state index contributed by atoms with van der Waals surface area (Å²) in [4.78, 5) is 41.3. The molecule has 1 aliphatic heterocycles. The predicted octanol–water partition coefficient (Wildman–Crippen LogP) is 1.48. The fraction of sp³-hybridized carbons (Fsp3) is 0.467. The minimum Gasteiger partial charge on any atom is -0.466 e. The van der Waals surface area contributed by atoms with E-state index in [0.717, 1.165) is 0 Å². The highest BCUT2D eigenvalue weighted by atomic mass is 35.5. The molecule has 7 nitrogen and oxygen atoms in total. The molecule has 0 spiro atoms. The first-order valence-electron chi connectivity index (χ1n) is 7.40. The molecule has 0 aromatic carbocycles. The van der Waals surface area contributed by atoms with Crippen LogP contribution in [-0.2, 0) is 19.1 Å².